The molecule has 1 fully saturated rings. The molecule has 3 rings (SSSR count). The highest BCUT2D eigenvalue weighted by molar-refractivity contribution is 5.78. The maximum atomic E-state index is 13.0. The van der Waals surface area contributed by atoms with E-state index in [1.54, 1.807) is 14.2 Å². The molecule has 150 valence electrons. The monoisotopic (exact) mass is 382 g/mol. The predicted molar refractivity (Wildman–Crippen MR) is 111 cm³/mol. The Balaban J connectivity index is 1.72. The van der Waals surface area contributed by atoms with E-state index in [0.717, 1.165) is 42.0 Å². The minimum atomic E-state index is 0.0466. The van der Waals surface area contributed by atoms with Crippen LogP contribution in [0.25, 0.3) is 0 Å². The van der Waals surface area contributed by atoms with Crippen LogP contribution in [-0.2, 0) is 4.79 Å². The molecule has 28 heavy (non-hydrogen) atoms. The fourth-order valence-corrected chi connectivity index (χ4v) is 3.92. The molecule has 0 aromatic heterocycles. The fraction of sp³-hybridized carbons (Fsp3) is 0.435. The van der Waals surface area contributed by atoms with E-state index in [9.17, 15) is 4.79 Å². The van der Waals surface area contributed by atoms with E-state index in [-0.39, 0.29) is 18.0 Å². The van der Waals surface area contributed by atoms with Gasteiger partial charge in [-0.3, -0.25) is 9.69 Å². The van der Waals surface area contributed by atoms with Gasteiger partial charge in [-0.25, -0.2) is 0 Å². The molecule has 5 nitrogen and oxygen atoms in total. The van der Waals surface area contributed by atoms with Crippen LogP contribution in [-0.4, -0.2) is 50.1 Å². The zero-order valence-corrected chi connectivity index (χ0v) is 17.2. The molecule has 0 radical (unpaired) electrons. The number of rotatable bonds is 7. The Bertz CT molecular complexity index is 794. The molecule has 0 N–H and O–H groups in total. The second-order valence-electron chi connectivity index (χ2n) is 7.33. The molecule has 2 aromatic carbocycles. The van der Waals surface area contributed by atoms with Crippen molar-refractivity contribution in [1.29, 1.82) is 0 Å². The van der Waals surface area contributed by atoms with Crippen LogP contribution in [0.15, 0.2) is 48.5 Å². The lowest BCUT2D eigenvalue weighted by atomic mass is 10.0. The Kier molecular flexibility index (Phi) is 6.57. The zero-order valence-electron chi connectivity index (χ0n) is 17.2. The molecule has 5 heteroatoms. The smallest absolute Gasteiger partial charge is 0.237 e. The summed E-state index contributed by atoms with van der Waals surface area (Å²) in [6.45, 7) is 3.40. The maximum Gasteiger partial charge on any atom is 0.237 e. The topological polar surface area (TPSA) is 42.0 Å². The lowest BCUT2D eigenvalue weighted by molar-refractivity contribution is -0.133. The van der Waals surface area contributed by atoms with E-state index in [0.29, 0.717) is 6.54 Å². The number of methoxy groups -OCH3 is 2. The molecule has 1 heterocycles. The molecular formula is C23H30N2O3. The normalized spacial score (nSPS) is 17.9. The van der Waals surface area contributed by atoms with Crippen LogP contribution in [0.2, 0.25) is 0 Å². The first kappa shape index (κ1) is 20.2. The lowest BCUT2D eigenvalue weighted by Crippen LogP contribution is -2.39. The summed E-state index contributed by atoms with van der Waals surface area (Å²) in [5.74, 6) is 1.73. The maximum absolute atomic E-state index is 13.0. The van der Waals surface area contributed by atoms with Crippen LogP contribution < -0.4 is 9.47 Å². The first-order valence-corrected chi connectivity index (χ1v) is 9.81. The summed E-state index contributed by atoms with van der Waals surface area (Å²) < 4.78 is 10.9. The first-order valence-electron chi connectivity index (χ1n) is 9.81. The zero-order chi connectivity index (χ0) is 20.1. The van der Waals surface area contributed by atoms with Crippen molar-refractivity contribution in [2.24, 2.45) is 0 Å². The standard InChI is InChI=1S/C23H30N2O3/c1-17(18-9-6-5-7-10-18)24(2)23(26)16-25-14-8-11-21(25)20-13-12-19(27-3)15-22(20)28-4/h5-7,9-10,12-13,15,17,21H,8,11,14,16H2,1-4H3/t17-,21-/m0/s1. The van der Waals surface area contributed by atoms with Crippen molar-refractivity contribution < 1.29 is 14.3 Å². The number of likely N-dealkylation sites (tertiary alicyclic amines) is 1. The van der Waals surface area contributed by atoms with Gasteiger partial charge in [0.25, 0.3) is 0 Å². The lowest BCUT2D eigenvalue weighted by Gasteiger charge is -2.30. The molecule has 0 aliphatic carbocycles. The Labute approximate surface area is 167 Å². The number of carbonyl (C=O) groups is 1. The second kappa shape index (κ2) is 9.11. The molecule has 1 amide bonds. The van der Waals surface area contributed by atoms with Gasteiger partial charge in [0, 0.05) is 24.7 Å². The number of nitrogens with zero attached hydrogens (tertiary/aromatic N) is 2. The summed E-state index contributed by atoms with van der Waals surface area (Å²) in [4.78, 5) is 17.1. The number of ether oxygens (including phenoxy) is 2. The largest absolute Gasteiger partial charge is 0.497 e. The molecule has 2 aromatic rings. The quantitative estimate of drug-likeness (QED) is 0.724. The van der Waals surface area contributed by atoms with E-state index in [4.69, 9.17) is 9.47 Å². The highest BCUT2D eigenvalue weighted by Gasteiger charge is 2.31. The van der Waals surface area contributed by atoms with Gasteiger partial charge >= 0.3 is 0 Å². The summed E-state index contributed by atoms with van der Waals surface area (Å²) in [6.07, 6.45) is 2.10. The van der Waals surface area contributed by atoms with E-state index in [1.165, 1.54) is 0 Å². The van der Waals surface area contributed by atoms with Crippen molar-refractivity contribution in [3.63, 3.8) is 0 Å². The molecule has 0 unspecified atom stereocenters. The minimum Gasteiger partial charge on any atom is -0.497 e. The Morgan fingerprint density at radius 1 is 1.18 bits per heavy atom. The van der Waals surface area contributed by atoms with Crippen LogP contribution in [0.5, 0.6) is 11.5 Å². The van der Waals surface area contributed by atoms with Crippen LogP contribution in [0.4, 0.5) is 0 Å². The van der Waals surface area contributed by atoms with Crippen molar-refractivity contribution in [2.45, 2.75) is 31.8 Å². The summed E-state index contributed by atoms with van der Waals surface area (Å²) in [5, 5.41) is 0. The van der Waals surface area contributed by atoms with Crippen LogP contribution >= 0.6 is 0 Å². The SMILES string of the molecule is COc1ccc([C@@H]2CCCN2CC(=O)N(C)[C@@H](C)c2ccccc2)c(OC)c1. The third-order valence-electron chi connectivity index (χ3n) is 5.76. The van der Waals surface area contributed by atoms with Crippen molar-refractivity contribution in [1.82, 2.24) is 9.80 Å². The minimum absolute atomic E-state index is 0.0466. The molecule has 1 aliphatic heterocycles. The van der Waals surface area contributed by atoms with Crippen molar-refractivity contribution in [3.05, 3.63) is 59.7 Å². The summed E-state index contributed by atoms with van der Waals surface area (Å²) >= 11 is 0. The number of carbonyl (C=O) groups excluding carboxylic acids is 1. The van der Waals surface area contributed by atoms with Gasteiger partial charge in [-0.05, 0) is 37.9 Å². The van der Waals surface area contributed by atoms with Crippen molar-refractivity contribution >= 4 is 5.91 Å². The van der Waals surface area contributed by atoms with Gasteiger partial charge in [0.15, 0.2) is 0 Å². The summed E-state index contributed by atoms with van der Waals surface area (Å²) in [6, 6.07) is 16.3. The number of benzene rings is 2. The van der Waals surface area contributed by atoms with Gasteiger partial charge in [0.1, 0.15) is 11.5 Å². The molecule has 1 aliphatic rings. The van der Waals surface area contributed by atoms with Gasteiger partial charge in [0.05, 0.1) is 26.8 Å². The van der Waals surface area contributed by atoms with Gasteiger partial charge in [-0.1, -0.05) is 36.4 Å². The van der Waals surface area contributed by atoms with Gasteiger partial charge < -0.3 is 14.4 Å². The Morgan fingerprint density at radius 2 is 1.93 bits per heavy atom. The van der Waals surface area contributed by atoms with Crippen LogP contribution in [0, 0.1) is 0 Å². The summed E-state index contributed by atoms with van der Waals surface area (Å²) in [5.41, 5.74) is 2.26. The Morgan fingerprint density at radius 3 is 2.61 bits per heavy atom. The molecule has 2 atom stereocenters. The van der Waals surface area contributed by atoms with Crippen LogP contribution in [0.3, 0.4) is 0 Å². The third-order valence-corrected chi connectivity index (χ3v) is 5.76. The number of hydrogen-bond acceptors (Lipinski definition) is 4. The van der Waals surface area contributed by atoms with Crippen molar-refractivity contribution in [2.75, 3.05) is 34.4 Å². The number of hydrogen-bond donors (Lipinski definition) is 0. The number of amides is 1. The average Bonchev–Trinajstić information content (AvgIpc) is 3.20. The van der Waals surface area contributed by atoms with E-state index in [1.807, 2.05) is 42.3 Å². The van der Waals surface area contributed by atoms with E-state index in [2.05, 4.69) is 30.0 Å². The van der Waals surface area contributed by atoms with Gasteiger partial charge in [-0.2, -0.15) is 0 Å². The number of likely N-dealkylation sites (N-methyl/N-ethyl adjacent to an activating group) is 1. The van der Waals surface area contributed by atoms with Crippen LogP contribution in [0.1, 0.15) is 43.0 Å². The average molecular weight is 383 g/mol. The van der Waals surface area contributed by atoms with Gasteiger partial charge in [-0.15, -0.1) is 0 Å². The molecule has 0 bridgehead atoms. The first-order chi connectivity index (χ1) is 13.5. The second-order valence-corrected chi connectivity index (χ2v) is 7.33. The highest BCUT2D eigenvalue weighted by Crippen LogP contribution is 2.38. The fourth-order valence-electron chi connectivity index (χ4n) is 3.92. The molecule has 1 saturated heterocycles. The summed E-state index contributed by atoms with van der Waals surface area (Å²) in [7, 11) is 5.22. The van der Waals surface area contributed by atoms with Crippen molar-refractivity contribution in [3.8, 4) is 11.5 Å². The van der Waals surface area contributed by atoms with Gasteiger partial charge in [0.2, 0.25) is 5.91 Å². The predicted octanol–water partition coefficient (Wildman–Crippen LogP) is 4.06. The molecule has 0 spiro atoms. The molecule has 0 saturated carbocycles. The molecular weight excluding hydrogens is 352 g/mol. The highest BCUT2D eigenvalue weighted by atomic mass is 16.5. The Hall–Kier alpha value is -2.53. The van der Waals surface area contributed by atoms with E-state index >= 15 is 0 Å². The third kappa shape index (κ3) is 4.30. The van der Waals surface area contributed by atoms with E-state index < -0.39 is 0 Å².